The molecule has 2 aromatic heterocycles. The summed E-state index contributed by atoms with van der Waals surface area (Å²) in [5.74, 6) is 1.17. The van der Waals surface area contributed by atoms with E-state index in [0.717, 1.165) is 24.2 Å². The zero-order chi connectivity index (χ0) is 12.1. The van der Waals surface area contributed by atoms with Gasteiger partial charge in [0.25, 0.3) is 5.91 Å². The number of rotatable bonds is 5. The monoisotopic (exact) mass is 233 g/mol. The van der Waals surface area contributed by atoms with E-state index in [2.05, 4.69) is 15.3 Å². The molecule has 0 saturated heterocycles. The molecule has 0 fully saturated rings. The minimum Gasteiger partial charge on any atom is -0.459 e. The number of amides is 1. The third-order valence-corrected chi connectivity index (χ3v) is 2.50. The van der Waals surface area contributed by atoms with Gasteiger partial charge in [0.15, 0.2) is 5.76 Å². The molecule has 0 radical (unpaired) electrons. The normalized spacial score (nSPS) is 10.4. The fourth-order valence-electron chi connectivity index (χ4n) is 1.58. The second kappa shape index (κ2) is 5.34. The highest BCUT2D eigenvalue weighted by Gasteiger charge is 2.11. The molecule has 2 aromatic rings. The van der Waals surface area contributed by atoms with Crippen molar-refractivity contribution in [2.75, 3.05) is 6.54 Å². The Bertz CT molecular complexity index is 474. The van der Waals surface area contributed by atoms with Gasteiger partial charge in [0.05, 0.1) is 6.26 Å². The van der Waals surface area contributed by atoms with Crippen molar-refractivity contribution in [1.82, 2.24) is 15.3 Å². The number of hydrogen-bond acceptors (Lipinski definition) is 3. The maximum Gasteiger partial charge on any atom is 0.287 e. The Labute approximate surface area is 99.2 Å². The molecule has 0 spiro atoms. The van der Waals surface area contributed by atoms with Crippen molar-refractivity contribution in [1.29, 1.82) is 0 Å². The summed E-state index contributed by atoms with van der Waals surface area (Å²) in [5, 5.41) is 2.81. The summed E-state index contributed by atoms with van der Waals surface area (Å²) in [6, 6.07) is 1.78. The molecule has 17 heavy (non-hydrogen) atoms. The lowest BCUT2D eigenvalue weighted by atomic mass is 10.2. The summed E-state index contributed by atoms with van der Waals surface area (Å²) in [5.41, 5.74) is 0.855. The van der Waals surface area contributed by atoms with Crippen LogP contribution in [0.5, 0.6) is 0 Å². The average molecular weight is 233 g/mol. The summed E-state index contributed by atoms with van der Waals surface area (Å²) in [4.78, 5) is 18.8. The molecule has 2 rings (SSSR count). The highest BCUT2D eigenvalue weighted by molar-refractivity contribution is 5.92. The molecular formula is C12H15N3O2. The third kappa shape index (κ3) is 2.96. The standard InChI is InChI=1S/C12H15N3O2/c1-9-4-8-17-11(9)12(16)15-5-2-3-10-13-6-7-14-10/h4,6-8H,2-3,5H2,1H3,(H,13,14)(H,15,16). The van der Waals surface area contributed by atoms with E-state index in [1.54, 1.807) is 18.5 Å². The van der Waals surface area contributed by atoms with Gasteiger partial charge >= 0.3 is 0 Å². The quantitative estimate of drug-likeness (QED) is 0.772. The molecule has 2 heterocycles. The Hall–Kier alpha value is -2.04. The second-order valence-corrected chi connectivity index (χ2v) is 3.83. The van der Waals surface area contributed by atoms with Gasteiger partial charge in [0.2, 0.25) is 0 Å². The molecule has 0 saturated carbocycles. The number of hydrogen-bond donors (Lipinski definition) is 2. The van der Waals surface area contributed by atoms with E-state index in [1.807, 2.05) is 6.92 Å². The molecule has 5 heteroatoms. The lowest BCUT2D eigenvalue weighted by Gasteiger charge is -2.02. The number of nitrogens with zero attached hydrogens (tertiary/aromatic N) is 1. The SMILES string of the molecule is Cc1ccoc1C(=O)NCCCc1ncc[nH]1. The molecule has 0 aromatic carbocycles. The molecule has 2 N–H and O–H groups in total. The molecule has 0 unspecified atom stereocenters. The van der Waals surface area contributed by atoms with Crippen LogP contribution in [0.25, 0.3) is 0 Å². The van der Waals surface area contributed by atoms with Gasteiger partial charge < -0.3 is 14.7 Å². The van der Waals surface area contributed by atoms with Crippen LogP contribution in [0.2, 0.25) is 0 Å². The highest BCUT2D eigenvalue weighted by Crippen LogP contribution is 2.07. The lowest BCUT2D eigenvalue weighted by Crippen LogP contribution is -2.25. The van der Waals surface area contributed by atoms with Crippen LogP contribution in [-0.2, 0) is 6.42 Å². The Kier molecular flexibility index (Phi) is 3.59. The van der Waals surface area contributed by atoms with Crippen molar-refractivity contribution in [3.05, 3.63) is 41.9 Å². The van der Waals surface area contributed by atoms with Gasteiger partial charge in [-0.1, -0.05) is 0 Å². The predicted octanol–water partition coefficient (Wildman–Crippen LogP) is 1.67. The Morgan fingerprint density at radius 1 is 1.59 bits per heavy atom. The third-order valence-electron chi connectivity index (χ3n) is 2.50. The van der Waals surface area contributed by atoms with E-state index >= 15 is 0 Å². The van der Waals surface area contributed by atoms with E-state index in [9.17, 15) is 4.79 Å². The minimum absolute atomic E-state index is 0.160. The van der Waals surface area contributed by atoms with E-state index in [1.165, 1.54) is 6.26 Å². The van der Waals surface area contributed by atoms with Crippen LogP contribution in [-0.4, -0.2) is 22.4 Å². The zero-order valence-electron chi connectivity index (χ0n) is 9.69. The van der Waals surface area contributed by atoms with Gasteiger partial charge in [0, 0.05) is 30.9 Å². The largest absolute Gasteiger partial charge is 0.459 e. The number of aryl methyl sites for hydroxylation is 2. The predicted molar refractivity (Wildman–Crippen MR) is 62.7 cm³/mol. The van der Waals surface area contributed by atoms with E-state index < -0.39 is 0 Å². The number of carbonyl (C=O) groups is 1. The number of nitrogens with one attached hydrogen (secondary N) is 2. The van der Waals surface area contributed by atoms with Gasteiger partial charge in [-0.25, -0.2) is 4.98 Å². The van der Waals surface area contributed by atoms with Crippen LogP contribution in [0.1, 0.15) is 28.4 Å². The maximum atomic E-state index is 11.7. The van der Waals surface area contributed by atoms with E-state index in [0.29, 0.717) is 12.3 Å². The second-order valence-electron chi connectivity index (χ2n) is 3.83. The van der Waals surface area contributed by atoms with Gasteiger partial charge in [-0.15, -0.1) is 0 Å². The first kappa shape index (κ1) is 11.4. The summed E-state index contributed by atoms with van der Waals surface area (Å²) >= 11 is 0. The van der Waals surface area contributed by atoms with E-state index in [4.69, 9.17) is 4.42 Å². The smallest absolute Gasteiger partial charge is 0.287 e. The number of carbonyl (C=O) groups excluding carboxylic acids is 1. The van der Waals surface area contributed by atoms with Crippen LogP contribution >= 0.6 is 0 Å². The molecule has 0 atom stereocenters. The van der Waals surface area contributed by atoms with E-state index in [-0.39, 0.29) is 5.91 Å². The van der Waals surface area contributed by atoms with Crippen molar-refractivity contribution in [2.45, 2.75) is 19.8 Å². The number of H-pyrrole nitrogens is 1. The van der Waals surface area contributed by atoms with Crippen molar-refractivity contribution in [3.8, 4) is 0 Å². The summed E-state index contributed by atoms with van der Waals surface area (Å²) in [6.45, 7) is 2.46. The van der Waals surface area contributed by atoms with Gasteiger partial charge in [-0.2, -0.15) is 0 Å². The highest BCUT2D eigenvalue weighted by atomic mass is 16.3. The summed E-state index contributed by atoms with van der Waals surface area (Å²) < 4.78 is 5.10. The number of imidazole rings is 1. The number of aromatic amines is 1. The molecule has 1 amide bonds. The molecule has 5 nitrogen and oxygen atoms in total. The van der Waals surface area contributed by atoms with Crippen molar-refractivity contribution in [2.24, 2.45) is 0 Å². The first-order valence-electron chi connectivity index (χ1n) is 5.58. The van der Waals surface area contributed by atoms with Crippen molar-refractivity contribution >= 4 is 5.91 Å². The van der Waals surface area contributed by atoms with Crippen molar-refractivity contribution in [3.63, 3.8) is 0 Å². The maximum absolute atomic E-state index is 11.7. The van der Waals surface area contributed by atoms with Crippen LogP contribution in [0.3, 0.4) is 0 Å². The first-order valence-corrected chi connectivity index (χ1v) is 5.58. The average Bonchev–Trinajstić information content (AvgIpc) is 2.95. The van der Waals surface area contributed by atoms with Crippen LogP contribution in [0.4, 0.5) is 0 Å². The molecule has 0 aliphatic heterocycles. The van der Waals surface area contributed by atoms with Crippen LogP contribution < -0.4 is 5.32 Å². The molecule has 0 aliphatic carbocycles. The molecular weight excluding hydrogens is 218 g/mol. The number of furan rings is 1. The Morgan fingerprint density at radius 3 is 3.12 bits per heavy atom. The molecule has 90 valence electrons. The molecule has 0 bridgehead atoms. The lowest BCUT2D eigenvalue weighted by molar-refractivity contribution is 0.0924. The van der Waals surface area contributed by atoms with Gasteiger partial charge in [-0.05, 0) is 19.4 Å². The van der Waals surface area contributed by atoms with Gasteiger partial charge in [0.1, 0.15) is 5.82 Å². The van der Waals surface area contributed by atoms with Crippen LogP contribution in [0, 0.1) is 6.92 Å². The topological polar surface area (TPSA) is 70.9 Å². The summed E-state index contributed by atoms with van der Waals surface area (Å²) in [7, 11) is 0. The van der Waals surface area contributed by atoms with Crippen LogP contribution in [0.15, 0.2) is 29.1 Å². The Morgan fingerprint density at radius 2 is 2.47 bits per heavy atom. The van der Waals surface area contributed by atoms with Gasteiger partial charge in [-0.3, -0.25) is 4.79 Å². The first-order chi connectivity index (χ1) is 8.27. The Balaban J connectivity index is 1.72. The summed E-state index contributed by atoms with van der Waals surface area (Å²) in [6.07, 6.45) is 6.71. The molecule has 0 aliphatic rings. The minimum atomic E-state index is -0.160. The fourth-order valence-corrected chi connectivity index (χ4v) is 1.58. The van der Waals surface area contributed by atoms with Crippen molar-refractivity contribution < 1.29 is 9.21 Å². The number of aromatic nitrogens is 2. The zero-order valence-corrected chi connectivity index (χ0v) is 9.69. The fraction of sp³-hybridized carbons (Fsp3) is 0.333.